The molecule has 0 saturated heterocycles. The van der Waals surface area contributed by atoms with Crippen molar-refractivity contribution in [3.63, 3.8) is 0 Å². The van der Waals surface area contributed by atoms with E-state index >= 15 is 0 Å². The number of benzene rings is 1. The Labute approximate surface area is 147 Å². The minimum atomic E-state index is 0. The number of ether oxygens (including phenoxy) is 1. The molecule has 1 unspecified atom stereocenters. The number of nitrogens with one attached hydrogen (secondary N) is 1. The molecule has 0 spiro atoms. The largest absolute Gasteiger partial charge is 0.493 e. The molecule has 1 atom stereocenters. The second-order valence-electron chi connectivity index (χ2n) is 7.26. The van der Waals surface area contributed by atoms with Gasteiger partial charge in [-0.1, -0.05) is 31.7 Å². The van der Waals surface area contributed by atoms with Crippen molar-refractivity contribution in [3.05, 3.63) is 29.3 Å². The first-order valence-corrected chi connectivity index (χ1v) is 9.24. The molecule has 23 heavy (non-hydrogen) atoms. The maximum Gasteiger partial charge on any atom is 0.119 e. The third kappa shape index (κ3) is 5.39. The fourth-order valence-electron chi connectivity index (χ4n) is 4.23. The first-order valence-electron chi connectivity index (χ1n) is 9.24. The van der Waals surface area contributed by atoms with Crippen molar-refractivity contribution >= 4 is 12.4 Å². The standard InChI is InChI=1S/C20H31NO.ClH/c1-21-14-17(12-16-6-2-3-7-16)15-22-20-11-10-18-8-4-5-9-19(18)13-20;/h10-11,13,16-17,21H,2-9,12,14-15H2,1H3;1H. The first kappa shape index (κ1) is 18.6. The van der Waals surface area contributed by atoms with Gasteiger partial charge in [-0.3, -0.25) is 0 Å². The van der Waals surface area contributed by atoms with Gasteiger partial charge in [0.05, 0.1) is 6.61 Å². The molecule has 3 rings (SSSR count). The molecule has 1 N–H and O–H groups in total. The zero-order valence-corrected chi connectivity index (χ0v) is 15.3. The Balaban J connectivity index is 0.00000192. The van der Waals surface area contributed by atoms with Crippen LogP contribution in [-0.4, -0.2) is 20.2 Å². The van der Waals surface area contributed by atoms with E-state index in [-0.39, 0.29) is 12.4 Å². The average molecular weight is 338 g/mol. The van der Waals surface area contributed by atoms with E-state index in [2.05, 4.69) is 30.6 Å². The maximum absolute atomic E-state index is 6.16. The molecule has 2 aliphatic rings. The minimum Gasteiger partial charge on any atom is -0.493 e. The molecule has 1 aromatic rings. The van der Waals surface area contributed by atoms with Crippen LogP contribution in [0.25, 0.3) is 0 Å². The van der Waals surface area contributed by atoms with Crippen LogP contribution in [-0.2, 0) is 12.8 Å². The summed E-state index contributed by atoms with van der Waals surface area (Å²) in [7, 11) is 2.06. The second-order valence-corrected chi connectivity index (χ2v) is 7.26. The molecule has 0 radical (unpaired) electrons. The van der Waals surface area contributed by atoms with Gasteiger partial charge in [0.15, 0.2) is 0 Å². The Kier molecular flexibility index (Phi) is 7.72. The molecule has 130 valence electrons. The summed E-state index contributed by atoms with van der Waals surface area (Å²) in [6.45, 7) is 1.93. The molecular weight excluding hydrogens is 306 g/mol. The third-order valence-corrected chi connectivity index (χ3v) is 5.44. The molecule has 0 heterocycles. The van der Waals surface area contributed by atoms with E-state index in [9.17, 15) is 0 Å². The van der Waals surface area contributed by atoms with E-state index in [1.807, 2.05) is 0 Å². The van der Waals surface area contributed by atoms with Crippen molar-refractivity contribution in [2.24, 2.45) is 11.8 Å². The van der Waals surface area contributed by atoms with E-state index in [0.29, 0.717) is 5.92 Å². The highest BCUT2D eigenvalue weighted by Gasteiger charge is 2.20. The number of aryl methyl sites for hydroxylation is 2. The molecule has 3 heteroatoms. The first-order chi connectivity index (χ1) is 10.8. The summed E-state index contributed by atoms with van der Waals surface area (Å²) in [5.41, 5.74) is 3.06. The van der Waals surface area contributed by atoms with Gasteiger partial charge in [-0.25, -0.2) is 0 Å². The van der Waals surface area contributed by atoms with Crippen LogP contribution < -0.4 is 10.1 Å². The summed E-state index contributed by atoms with van der Waals surface area (Å²) in [5, 5.41) is 3.35. The van der Waals surface area contributed by atoms with Crippen LogP contribution in [0.15, 0.2) is 18.2 Å². The van der Waals surface area contributed by atoms with Gasteiger partial charge in [-0.2, -0.15) is 0 Å². The van der Waals surface area contributed by atoms with E-state index in [1.165, 1.54) is 68.9 Å². The molecule has 2 aliphatic carbocycles. The molecular formula is C20H32ClNO. The highest BCUT2D eigenvalue weighted by Crippen LogP contribution is 2.31. The van der Waals surface area contributed by atoms with Crippen LogP contribution in [0.5, 0.6) is 5.75 Å². The van der Waals surface area contributed by atoms with Crippen LogP contribution >= 0.6 is 12.4 Å². The zero-order chi connectivity index (χ0) is 15.2. The molecule has 1 aromatic carbocycles. The highest BCUT2D eigenvalue weighted by atomic mass is 35.5. The second kappa shape index (κ2) is 9.54. The average Bonchev–Trinajstić information content (AvgIpc) is 3.06. The SMILES string of the molecule is CNCC(COc1ccc2c(c1)CCCC2)CC1CCCC1.Cl. The van der Waals surface area contributed by atoms with Gasteiger partial charge in [0.25, 0.3) is 0 Å². The van der Waals surface area contributed by atoms with Crippen molar-refractivity contribution in [2.75, 3.05) is 20.2 Å². The van der Waals surface area contributed by atoms with Crippen LogP contribution in [0.4, 0.5) is 0 Å². The van der Waals surface area contributed by atoms with Gasteiger partial charge in [-0.15, -0.1) is 12.4 Å². The normalized spacial score (nSPS) is 19.0. The van der Waals surface area contributed by atoms with Crippen molar-refractivity contribution in [1.82, 2.24) is 5.32 Å². The number of hydrogen-bond acceptors (Lipinski definition) is 2. The van der Waals surface area contributed by atoms with E-state index in [1.54, 1.807) is 0 Å². The summed E-state index contributed by atoms with van der Waals surface area (Å²) in [6.07, 6.45) is 12.2. The predicted octanol–water partition coefficient (Wildman–Crippen LogP) is 4.78. The molecule has 2 nitrogen and oxygen atoms in total. The number of halogens is 1. The van der Waals surface area contributed by atoms with Crippen LogP contribution in [0, 0.1) is 11.8 Å². The fraction of sp³-hybridized carbons (Fsp3) is 0.700. The number of hydrogen-bond donors (Lipinski definition) is 1. The quantitative estimate of drug-likeness (QED) is 0.773. The van der Waals surface area contributed by atoms with Crippen LogP contribution in [0.3, 0.4) is 0 Å². The Hall–Kier alpha value is -0.730. The lowest BCUT2D eigenvalue weighted by Gasteiger charge is -2.22. The smallest absolute Gasteiger partial charge is 0.119 e. The Morgan fingerprint density at radius 2 is 1.83 bits per heavy atom. The zero-order valence-electron chi connectivity index (χ0n) is 14.5. The van der Waals surface area contributed by atoms with Gasteiger partial charge >= 0.3 is 0 Å². The molecule has 0 aromatic heterocycles. The molecule has 1 fully saturated rings. The van der Waals surface area contributed by atoms with Crippen molar-refractivity contribution in [1.29, 1.82) is 0 Å². The lowest BCUT2D eigenvalue weighted by Crippen LogP contribution is -2.26. The number of fused-ring (bicyclic) bond motifs is 1. The highest BCUT2D eigenvalue weighted by molar-refractivity contribution is 5.85. The topological polar surface area (TPSA) is 21.3 Å². The molecule has 1 saturated carbocycles. The lowest BCUT2D eigenvalue weighted by molar-refractivity contribution is 0.218. The van der Waals surface area contributed by atoms with E-state index in [4.69, 9.17) is 4.74 Å². The Morgan fingerprint density at radius 1 is 1.09 bits per heavy atom. The fourth-order valence-corrected chi connectivity index (χ4v) is 4.23. The van der Waals surface area contributed by atoms with Gasteiger partial charge < -0.3 is 10.1 Å². The van der Waals surface area contributed by atoms with Gasteiger partial charge in [0.1, 0.15) is 5.75 Å². The van der Waals surface area contributed by atoms with Crippen LogP contribution in [0.1, 0.15) is 56.1 Å². The molecule has 0 amide bonds. The Bertz CT molecular complexity index is 471. The summed E-state index contributed by atoms with van der Waals surface area (Å²) in [6, 6.07) is 6.75. The summed E-state index contributed by atoms with van der Waals surface area (Å²) in [4.78, 5) is 0. The van der Waals surface area contributed by atoms with Crippen molar-refractivity contribution < 1.29 is 4.74 Å². The predicted molar refractivity (Wildman–Crippen MR) is 99.8 cm³/mol. The monoisotopic (exact) mass is 337 g/mol. The summed E-state index contributed by atoms with van der Waals surface area (Å²) >= 11 is 0. The summed E-state index contributed by atoms with van der Waals surface area (Å²) < 4.78 is 6.16. The van der Waals surface area contributed by atoms with Gasteiger partial charge in [0.2, 0.25) is 0 Å². The van der Waals surface area contributed by atoms with E-state index < -0.39 is 0 Å². The minimum absolute atomic E-state index is 0. The maximum atomic E-state index is 6.16. The van der Waals surface area contributed by atoms with Crippen molar-refractivity contribution in [3.8, 4) is 5.75 Å². The Morgan fingerprint density at radius 3 is 2.57 bits per heavy atom. The summed E-state index contributed by atoms with van der Waals surface area (Å²) in [5.74, 6) is 2.66. The van der Waals surface area contributed by atoms with Crippen molar-refractivity contribution in [2.45, 2.75) is 57.8 Å². The number of rotatable bonds is 7. The molecule has 0 aliphatic heterocycles. The molecule has 0 bridgehead atoms. The van der Waals surface area contributed by atoms with Crippen LogP contribution in [0.2, 0.25) is 0 Å². The van der Waals surface area contributed by atoms with Gasteiger partial charge in [0, 0.05) is 12.5 Å². The van der Waals surface area contributed by atoms with Gasteiger partial charge in [-0.05, 0) is 68.3 Å². The third-order valence-electron chi connectivity index (χ3n) is 5.44. The van der Waals surface area contributed by atoms with E-state index in [0.717, 1.165) is 24.8 Å². The lowest BCUT2D eigenvalue weighted by atomic mass is 9.91.